The monoisotopic (exact) mass is 355 g/mol. The number of rotatable bonds is 2. The third-order valence-corrected chi connectivity index (χ3v) is 6.06. The zero-order valence-corrected chi connectivity index (χ0v) is 17.8. The number of hydrogen-bond donors (Lipinski definition) is 0. The summed E-state index contributed by atoms with van der Waals surface area (Å²) >= 11 is 1.79. The van der Waals surface area contributed by atoms with Crippen LogP contribution in [0, 0.1) is 5.41 Å². The number of allylic oxidation sites excluding steroid dienone is 3. The van der Waals surface area contributed by atoms with Gasteiger partial charge in [0.05, 0.1) is 5.69 Å². The van der Waals surface area contributed by atoms with Gasteiger partial charge in [-0.1, -0.05) is 78.1 Å². The second-order valence-corrected chi connectivity index (χ2v) is 9.79. The molecule has 0 N–H and O–H groups in total. The summed E-state index contributed by atoms with van der Waals surface area (Å²) in [4.78, 5) is 4.71. The molecule has 1 aliphatic rings. The lowest BCUT2D eigenvalue weighted by molar-refractivity contribution is 0.440. The van der Waals surface area contributed by atoms with Gasteiger partial charge in [0.25, 0.3) is 0 Å². The van der Waals surface area contributed by atoms with E-state index < -0.39 is 0 Å². The van der Waals surface area contributed by atoms with E-state index in [4.69, 9.17) is 0 Å². The Morgan fingerprint density at radius 3 is 2.44 bits per heavy atom. The van der Waals surface area contributed by atoms with Crippen LogP contribution < -0.4 is 4.90 Å². The van der Waals surface area contributed by atoms with Gasteiger partial charge < -0.3 is 4.90 Å². The summed E-state index contributed by atoms with van der Waals surface area (Å²) in [5, 5.41) is 0. The molecule has 1 aromatic rings. The van der Waals surface area contributed by atoms with E-state index in [-0.39, 0.29) is 10.8 Å². The van der Waals surface area contributed by atoms with Crippen molar-refractivity contribution in [3.63, 3.8) is 0 Å². The fourth-order valence-corrected chi connectivity index (χ4v) is 3.81. The predicted octanol–water partition coefficient (Wildman–Crippen LogP) is 6.96. The van der Waals surface area contributed by atoms with Crippen molar-refractivity contribution in [1.82, 2.24) is 0 Å². The zero-order valence-electron chi connectivity index (χ0n) is 16.9. The first-order valence-electron chi connectivity index (χ1n) is 9.16. The maximum absolute atomic E-state index is 4.34. The van der Waals surface area contributed by atoms with E-state index in [0.717, 1.165) is 17.9 Å². The average Bonchev–Trinajstić information content (AvgIpc) is 2.52. The molecule has 2 heteroatoms. The number of thioether (sulfide) groups is 1. The summed E-state index contributed by atoms with van der Waals surface area (Å²) < 4.78 is 0. The highest BCUT2D eigenvalue weighted by atomic mass is 32.2. The Morgan fingerprint density at radius 1 is 1.16 bits per heavy atom. The molecular weight excluding hydrogens is 322 g/mol. The maximum atomic E-state index is 4.34. The lowest BCUT2D eigenvalue weighted by Gasteiger charge is -2.28. The fourth-order valence-electron chi connectivity index (χ4n) is 2.83. The number of fused-ring (bicyclic) bond motifs is 1. The molecule has 1 aromatic carbocycles. The van der Waals surface area contributed by atoms with Gasteiger partial charge in [0.2, 0.25) is 0 Å². The molecule has 0 radical (unpaired) electrons. The molecular formula is C23H33NS. The zero-order chi connectivity index (χ0) is 18.8. The molecule has 1 aliphatic heterocycles. The Balaban J connectivity index is 2.50. The van der Waals surface area contributed by atoms with Gasteiger partial charge in [-0.05, 0) is 46.6 Å². The van der Waals surface area contributed by atoms with Crippen LogP contribution in [0.5, 0.6) is 0 Å². The first-order valence-corrected chi connectivity index (χ1v) is 9.97. The van der Waals surface area contributed by atoms with E-state index in [2.05, 4.69) is 96.5 Å². The van der Waals surface area contributed by atoms with E-state index in [9.17, 15) is 0 Å². The molecule has 0 atom stereocenters. The quantitative estimate of drug-likeness (QED) is 0.564. The number of anilines is 1. The van der Waals surface area contributed by atoms with Crippen LogP contribution in [0.2, 0.25) is 0 Å². The highest BCUT2D eigenvalue weighted by Gasteiger charge is 2.21. The van der Waals surface area contributed by atoms with E-state index >= 15 is 0 Å². The van der Waals surface area contributed by atoms with E-state index in [1.807, 2.05) is 0 Å². The van der Waals surface area contributed by atoms with Crippen LogP contribution in [-0.4, -0.2) is 13.6 Å². The van der Waals surface area contributed by atoms with Crippen molar-refractivity contribution in [3.05, 3.63) is 59.0 Å². The second-order valence-electron chi connectivity index (χ2n) is 8.62. The first-order chi connectivity index (χ1) is 11.5. The summed E-state index contributed by atoms with van der Waals surface area (Å²) in [6, 6.07) is 6.85. The second kappa shape index (κ2) is 7.45. The van der Waals surface area contributed by atoms with Crippen molar-refractivity contribution >= 4 is 17.4 Å². The van der Waals surface area contributed by atoms with Gasteiger partial charge in [-0.2, -0.15) is 0 Å². The fraction of sp³-hybridized carbons (Fsp3) is 0.478. The predicted molar refractivity (Wildman–Crippen MR) is 115 cm³/mol. The Kier molecular flexibility index (Phi) is 5.93. The molecule has 0 unspecified atom stereocenters. The molecule has 25 heavy (non-hydrogen) atoms. The van der Waals surface area contributed by atoms with Gasteiger partial charge in [0, 0.05) is 23.4 Å². The van der Waals surface area contributed by atoms with Gasteiger partial charge in [-0.3, -0.25) is 0 Å². The molecule has 1 nitrogen and oxygen atoms in total. The van der Waals surface area contributed by atoms with Crippen molar-refractivity contribution in [2.75, 3.05) is 18.5 Å². The van der Waals surface area contributed by atoms with Crippen molar-refractivity contribution in [3.8, 4) is 0 Å². The number of nitrogens with zero attached hydrogens (tertiary/aromatic N) is 1. The molecule has 1 heterocycles. The van der Waals surface area contributed by atoms with Crippen molar-refractivity contribution in [2.45, 2.75) is 58.3 Å². The van der Waals surface area contributed by atoms with Gasteiger partial charge in [0.1, 0.15) is 0 Å². The molecule has 0 spiro atoms. The third-order valence-electron chi connectivity index (χ3n) is 5.14. The van der Waals surface area contributed by atoms with Gasteiger partial charge >= 0.3 is 0 Å². The van der Waals surface area contributed by atoms with Crippen LogP contribution in [0.1, 0.15) is 53.5 Å². The van der Waals surface area contributed by atoms with Crippen LogP contribution in [0.25, 0.3) is 0 Å². The smallest absolute Gasteiger partial charge is 0.0508 e. The van der Waals surface area contributed by atoms with Gasteiger partial charge in [-0.15, -0.1) is 0 Å². The molecule has 0 saturated heterocycles. The molecule has 0 amide bonds. The molecule has 2 rings (SSSR count). The molecule has 0 fully saturated rings. The Hall–Kier alpha value is -1.41. The average molecular weight is 356 g/mol. The molecule has 136 valence electrons. The minimum atomic E-state index is 0.149. The van der Waals surface area contributed by atoms with Crippen LogP contribution in [0.4, 0.5) is 5.69 Å². The Labute approximate surface area is 158 Å². The standard InChI is InChI=1S/C23H33NS/c1-9-23(6,7)19-11-10-14-24(8)20-13-12-18(22(3,4)5)16-21(20)25-17(2)15-19/h10-13,15-16H,2,9,14H2,1,3-8H3/b11-10-,19-15+. The SMILES string of the molecule is C=C1/C=C(C(C)(C)CC)\C=C/CN(C)c2ccc(C(C)(C)C)cc2S1. The summed E-state index contributed by atoms with van der Waals surface area (Å²) in [5.74, 6) is 0. The lowest BCUT2D eigenvalue weighted by atomic mass is 9.81. The summed E-state index contributed by atoms with van der Waals surface area (Å²) in [6.07, 6.45) is 7.93. The minimum Gasteiger partial charge on any atom is -0.370 e. The van der Waals surface area contributed by atoms with Gasteiger partial charge in [-0.25, -0.2) is 0 Å². The van der Waals surface area contributed by atoms with Crippen LogP contribution >= 0.6 is 11.8 Å². The minimum absolute atomic E-state index is 0.149. The normalized spacial score (nSPS) is 19.9. The summed E-state index contributed by atoms with van der Waals surface area (Å²) in [5.41, 5.74) is 4.31. The Morgan fingerprint density at radius 2 is 1.84 bits per heavy atom. The highest BCUT2D eigenvalue weighted by Crippen LogP contribution is 2.40. The van der Waals surface area contributed by atoms with Crippen LogP contribution in [0.15, 0.2) is 58.4 Å². The van der Waals surface area contributed by atoms with E-state index in [1.54, 1.807) is 11.8 Å². The van der Waals surface area contributed by atoms with Crippen LogP contribution in [0.3, 0.4) is 0 Å². The van der Waals surface area contributed by atoms with Gasteiger partial charge in [0.15, 0.2) is 0 Å². The molecule has 0 bridgehead atoms. The first kappa shape index (κ1) is 19.9. The van der Waals surface area contributed by atoms with E-state index in [0.29, 0.717) is 0 Å². The molecule has 0 aromatic heterocycles. The van der Waals surface area contributed by atoms with Crippen molar-refractivity contribution in [1.29, 1.82) is 0 Å². The van der Waals surface area contributed by atoms with Crippen molar-refractivity contribution < 1.29 is 0 Å². The van der Waals surface area contributed by atoms with E-state index in [1.165, 1.54) is 21.7 Å². The number of hydrogen-bond acceptors (Lipinski definition) is 2. The molecule has 0 saturated carbocycles. The largest absolute Gasteiger partial charge is 0.370 e. The highest BCUT2D eigenvalue weighted by molar-refractivity contribution is 8.03. The lowest BCUT2D eigenvalue weighted by Crippen LogP contribution is -2.20. The topological polar surface area (TPSA) is 3.24 Å². The summed E-state index contributed by atoms with van der Waals surface area (Å²) in [6.45, 7) is 18.9. The maximum Gasteiger partial charge on any atom is 0.0508 e. The number of likely N-dealkylation sites (N-methyl/N-ethyl adjacent to an activating group) is 1. The number of benzene rings is 1. The third kappa shape index (κ3) is 4.82. The summed E-state index contributed by atoms with van der Waals surface area (Å²) in [7, 11) is 2.17. The van der Waals surface area contributed by atoms with Crippen molar-refractivity contribution in [2.24, 2.45) is 5.41 Å². The Bertz CT molecular complexity index is 701. The molecule has 0 aliphatic carbocycles. The van der Waals surface area contributed by atoms with Crippen LogP contribution in [-0.2, 0) is 5.41 Å².